The molecule has 0 aliphatic carbocycles. The van der Waals surface area contributed by atoms with Crippen LogP contribution in [0, 0.1) is 5.92 Å². The number of benzene rings is 1. The molecule has 24 heavy (non-hydrogen) atoms. The highest BCUT2D eigenvalue weighted by molar-refractivity contribution is 7.89. The molecule has 1 aliphatic heterocycles. The minimum Gasteiger partial charge on any atom is -0.384 e. The second-order valence-corrected chi connectivity index (χ2v) is 8.05. The molecular formula is C17H23N3O3S. The fourth-order valence-corrected chi connectivity index (χ4v) is 4.55. The van der Waals surface area contributed by atoms with Crippen LogP contribution in [0.4, 0.5) is 0 Å². The van der Waals surface area contributed by atoms with Crippen molar-refractivity contribution < 1.29 is 13.2 Å². The zero-order valence-corrected chi connectivity index (χ0v) is 14.9. The maximum absolute atomic E-state index is 13.1. The molecule has 0 bridgehead atoms. The third kappa shape index (κ3) is 3.38. The summed E-state index contributed by atoms with van der Waals surface area (Å²) in [6, 6.07) is 7.13. The first-order valence-corrected chi connectivity index (χ1v) is 9.56. The van der Waals surface area contributed by atoms with Crippen molar-refractivity contribution in [2.45, 2.75) is 31.3 Å². The van der Waals surface area contributed by atoms with Gasteiger partial charge in [0.15, 0.2) is 0 Å². The largest absolute Gasteiger partial charge is 0.384 e. The van der Waals surface area contributed by atoms with E-state index >= 15 is 0 Å². The average Bonchev–Trinajstić information content (AvgIpc) is 2.93. The first-order chi connectivity index (χ1) is 11.5. The molecule has 7 heteroatoms. The number of hydrogen-bond acceptors (Lipinski definition) is 4. The van der Waals surface area contributed by atoms with Gasteiger partial charge in [-0.25, -0.2) is 13.4 Å². The highest BCUT2D eigenvalue weighted by Gasteiger charge is 2.31. The lowest BCUT2D eigenvalue weighted by Crippen LogP contribution is -2.35. The summed E-state index contributed by atoms with van der Waals surface area (Å²) >= 11 is 0. The van der Waals surface area contributed by atoms with Gasteiger partial charge in [0.25, 0.3) is 0 Å². The Bertz CT molecular complexity index is 784. The van der Waals surface area contributed by atoms with Crippen molar-refractivity contribution in [2.75, 3.05) is 20.3 Å². The molecule has 0 unspecified atom stereocenters. The van der Waals surface area contributed by atoms with Gasteiger partial charge in [0.05, 0.1) is 18.0 Å². The zero-order chi connectivity index (χ0) is 17.2. The molecule has 0 saturated carbocycles. The molecule has 2 heterocycles. The van der Waals surface area contributed by atoms with Crippen molar-refractivity contribution in [3.8, 4) is 0 Å². The normalized spacial score (nSPS) is 19.0. The Labute approximate surface area is 143 Å². The number of hydrogen-bond donors (Lipinski definition) is 0. The number of ether oxygens (including phenoxy) is 1. The summed E-state index contributed by atoms with van der Waals surface area (Å²) in [7, 11) is -1.92. The van der Waals surface area contributed by atoms with E-state index in [9.17, 15) is 8.42 Å². The molecule has 1 aromatic carbocycles. The number of sulfonamides is 1. The average molecular weight is 349 g/mol. The molecule has 1 aliphatic rings. The van der Waals surface area contributed by atoms with Crippen LogP contribution >= 0.6 is 0 Å². The van der Waals surface area contributed by atoms with Crippen LogP contribution in [0.5, 0.6) is 0 Å². The highest BCUT2D eigenvalue weighted by Crippen LogP contribution is 2.23. The maximum atomic E-state index is 13.1. The summed E-state index contributed by atoms with van der Waals surface area (Å²) in [4.78, 5) is 4.64. The van der Waals surface area contributed by atoms with Gasteiger partial charge in [0.2, 0.25) is 10.0 Å². The van der Waals surface area contributed by atoms with Gasteiger partial charge in [-0.15, -0.1) is 0 Å². The number of aromatic nitrogens is 2. The number of rotatable bonds is 5. The molecule has 3 rings (SSSR count). The molecule has 0 N–H and O–H groups in total. The Hall–Kier alpha value is -1.70. The number of aryl methyl sites for hydroxylation is 1. The molecular weight excluding hydrogens is 326 g/mol. The van der Waals surface area contributed by atoms with Crippen LogP contribution in [0.2, 0.25) is 0 Å². The smallest absolute Gasteiger partial charge is 0.243 e. The van der Waals surface area contributed by atoms with Gasteiger partial charge in [-0.1, -0.05) is 19.1 Å². The van der Waals surface area contributed by atoms with Crippen molar-refractivity contribution in [1.29, 1.82) is 0 Å². The van der Waals surface area contributed by atoms with Crippen LogP contribution < -0.4 is 0 Å². The van der Waals surface area contributed by atoms with Crippen LogP contribution in [0.15, 0.2) is 41.6 Å². The Balaban J connectivity index is 1.93. The van der Waals surface area contributed by atoms with Crippen LogP contribution in [-0.2, 0) is 34.3 Å². The molecule has 0 saturated heterocycles. The molecule has 1 aromatic heterocycles. The topological polar surface area (TPSA) is 64.4 Å². The Kier molecular flexibility index (Phi) is 5.03. The first kappa shape index (κ1) is 17.1. The molecule has 130 valence electrons. The molecule has 1 atom stereocenters. The maximum Gasteiger partial charge on any atom is 0.243 e. The molecule has 0 spiro atoms. The fraction of sp³-hybridized carbons (Fsp3) is 0.471. The van der Waals surface area contributed by atoms with Gasteiger partial charge in [0, 0.05) is 38.5 Å². The van der Waals surface area contributed by atoms with Gasteiger partial charge in [-0.05, 0) is 24.1 Å². The SMILES string of the molecule is CCc1ccc(S(=O)(=O)N2Cc3nccn3C[C@H](COC)C2)cc1. The van der Waals surface area contributed by atoms with Gasteiger partial charge >= 0.3 is 0 Å². The number of fused-ring (bicyclic) bond motifs is 1. The zero-order valence-electron chi connectivity index (χ0n) is 14.1. The van der Waals surface area contributed by atoms with E-state index in [1.54, 1.807) is 25.4 Å². The summed E-state index contributed by atoms with van der Waals surface area (Å²) in [5.74, 6) is 0.859. The minimum absolute atomic E-state index is 0.0927. The van der Waals surface area contributed by atoms with Gasteiger partial charge in [-0.2, -0.15) is 4.31 Å². The summed E-state index contributed by atoms with van der Waals surface area (Å²) in [5.41, 5.74) is 1.12. The fourth-order valence-electron chi connectivity index (χ4n) is 3.07. The van der Waals surface area contributed by atoms with Crippen molar-refractivity contribution in [1.82, 2.24) is 13.9 Å². The summed E-state index contributed by atoms with van der Waals surface area (Å²) in [6.07, 6.45) is 4.49. The lowest BCUT2D eigenvalue weighted by molar-refractivity contribution is 0.135. The monoisotopic (exact) mass is 349 g/mol. The van der Waals surface area contributed by atoms with E-state index in [2.05, 4.69) is 4.98 Å². The lowest BCUT2D eigenvalue weighted by atomic mass is 10.1. The van der Waals surface area contributed by atoms with Crippen molar-refractivity contribution >= 4 is 10.0 Å². The summed E-state index contributed by atoms with van der Waals surface area (Å²) in [6.45, 7) is 3.98. The molecule has 6 nitrogen and oxygen atoms in total. The Morgan fingerprint density at radius 1 is 1.25 bits per heavy atom. The van der Waals surface area contributed by atoms with E-state index in [0.29, 0.717) is 24.6 Å². The van der Waals surface area contributed by atoms with Crippen molar-refractivity contribution in [2.24, 2.45) is 5.92 Å². The molecule has 0 radical (unpaired) electrons. The standard InChI is InChI=1S/C17H23N3O3S/c1-3-14-4-6-16(7-5-14)24(21,22)20-11-15(13-23-2)10-19-9-8-18-17(19)12-20/h4-9,15H,3,10-13H2,1-2H3/t15-/m0/s1. The minimum atomic E-state index is -3.56. The predicted octanol–water partition coefficient (Wildman–Crippen LogP) is 1.91. The first-order valence-electron chi connectivity index (χ1n) is 8.12. The van der Waals surface area contributed by atoms with E-state index in [-0.39, 0.29) is 12.5 Å². The van der Waals surface area contributed by atoms with Gasteiger partial charge < -0.3 is 9.30 Å². The quantitative estimate of drug-likeness (QED) is 0.827. The van der Waals surface area contributed by atoms with Crippen LogP contribution in [0.3, 0.4) is 0 Å². The second-order valence-electron chi connectivity index (χ2n) is 6.11. The predicted molar refractivity (Wildman–Crippen MR) is 91.0 cm³/mol. The highest BCUT2D eigenvalue weighted by atomic mass is 32.2. The van der Waals surface area contributed by atoms with Crippen LogP contribution in [0.1, 0.15) is 18.3 Å². The van der Waals surface area contributed by atoms with Crippen molar-refractivity contribution in [3.63, 3.8) is 0 Å². The number of methoxy groups -OCH3 is 1. The summed E-state index contributed by atoms with van der Waals surface area (Å²) in [5, 5.41) is 0. The molecule has 0 amide bonds. The molecule has 0 fully saturated rings. The molecule has 2 aromatic rings. The summed E-state index contributed by atoms with van der Waals surface area (Å²) < 4.78 is 34.9. The number of nitrogens with zero attached hydrogens (tertiary/aromatic N) is 3. The lowest BCUT2D eigenvalue weighted by Gasteiger charge is -2.23. The van der Waals surface area contributed by atoms with E-state index in [1.807, 2.05) is 29.8 Å². The van der Waals surface area contributed by atoms with Crippen molar-refractivity contribution in [3.05, 3.63) is 48.0 Å². The van der Waals surface area contributed by atoms with E-state index in [4.69, 9.17) is 4.74 Å². The Morgan fingerprint density at radius 2 is 2.00 bits per heavy atom. The van der Waals surface area contributed by atoms with Gasteiger partial charge in [-0.3, -0.25) is 0 Å². The Morgan fingerprint density at radius 3 is 2.67 bits per heavy atom. The van der Waals surface area contributed by atoms with Crippen LogP contribution in [0.25, 0.3) is 0 Å². The number of imidazole rings is 1. The van der Waals surface area contributed by atoms with Crippen LogP contribution in [-0.4, -0.2) is 42.5 Å². The van der Waals surface area contributed by atoms with E-state index in [1.165, 1.54) is 4.31 Å². The third-order valence-corrected chi connectivity index (χ3v) is 6.23. The van der Waals surface area contributed by atoms with E-state index < -0.39 is 10.0 Å². The second kappa shape index (κ2) is 7.04. The third-order valence-electron chi connectivity index (χ3n) is 4.41. The van der Waals surface area contributed by atoms with Gasteiger partial charge in [0.1, 0.15) is 5.82 Å². The van der Waals surface area contributed by atoms with E-state index in [0.717, 1.165) is 17.8 Å².